The Morgan fingerprint density at radius 3 is 2.78 bits per heavy atom. The second-order valence-electron chi connectivity index (χ2n) is 5.69. The summed E-state index contributed by atoms with van der Waals surface area (Å²) in [6.45, 7) is 6.00. The Labute approximate surface area is 163 Å². The van der Waals surface area contributed by atoms with Crippen molar-refractivity contribution >= 4 is 23.3 Å². The molecule has 0 unspecified atom stereocenters. The number of benzene rings is 1. The molecule has 2 rings (SSSR count). The van der Waals surface area contributed by atoms with E-state index in [4.69, 9.17) is 9.47 Å². The van der Waals surface area contributed by atoms with Crippen LogP contribution >= 0.6 is 11.3 Å². The highest BCUT2D eigenvalue weighted by molar-refractivity contribution is 7.09. The molecule has 1 amide bonds. The molecule has 0 radical (unpaired) electrons. The number of thiazole rings is 1. The molecule has 0 fully saturated rings. The third kappa shape index (κ3) is 7.21. The van der Waals surface area contributed by atoms with Crippen molar-refractivity contribution in [1.82, 2.24) is 10.3 Å². The molecule has 27 heavy (non-hydrogen) atoms. The zero-order chi connectivity index (χ0) is 19.5. The van der Waals surface area contributed by atoms with Gasteiger partial charge in [-0.05, 0) is 44.0 Å². The first-order valence-corrected chi connectivity index (χ1v) is 9.62. The molecule has 1 N–H and O–H groups in total. The van der Waals surface area contributed by atoms with E-state index in [2.05, 4.69) is 10.3 Å². The normalized spacial score (nSPS) is 11.1. The number of nitrogens with one attached hydrogen (secondary N) is 1. The van der Waals surface area contributed by atoms with Gasteiger partial charge in [-0.2, -0.15) is 5.26 Å². The predicted octanol–water partition coefficient (Wildman–Crippen LogP) is 3.48. The predicted molar refractivity (Wildman–Crippen MR) is 105 cm³/mol. The van der Waals surface area contributed by atoms with Gasteiger partial charge in [-0.15, -0.1) is 11.3 Å². The third-order valence-corrected chi connectivity index (χ3v) is 4.39. The minimum absolute atomic E-state index is 0.0676. The molecule has 0 atom stereocenters. The number of rotatable bonds is 10. The summed E-state index contributed by atoms with van der Waals surface area (Å²) in [6.07, 6.45) is 2.27. The molecule has 0 aliphatic heterocycles. The molecule has 0 aliphatic carbocycles. The second-order valence-corrected chi connectivity index (χ2v) is 6.75. The van der Waals surface area contributed by atoms with E-state index < -0.39 is 0 Å². The van der Waals surface area contributed by atoms with Crippen LogP contribution in [0, 0.1) is 18.3 Å². The van der Waals surface area contributed by atoms with Gasteiger partial charge >= 0.3 is 0 Å². The zero-order valence-corrected chi connectivity index (χ0v) is 16.3. The van der Waals surface area contributed by atoms with Gasteiger partial charge in [0.25, 0.3) is 5.91 Å². The van der Waals surface area contributed by atoms with E-state index in [1.54, 1.807) is 41.7 Å². The van der Waals surface area contributed by atoms with Crippen LogP contribution in [0.25, 0.3) is 6.08 Å². The van der Waals surface area contributed by atoms with Gasteiger partial charge in [0.15, 0.2) is 0 Å². The third-order valence-electron chi connectivity index (χ3n) is 3.56. The highest BCUT2D eigenvalue weighted by Gasteiger charge is 2.08. The fourth-order valence-corrected chi connectivity index (χ4v) is 2.82. The van der Waals surface area contributed by atoms with Crippen LogP contribution in [0.3, 0.4) is 0 Å². The van der Waals surface area contributed by atoms with E-state index in [-0.39, 0.29) is 11.5 Å². The number of aryl methyl sites for hydroxylation is 1. The fourth-order valence-electron chi connectivity index (χ4n) is 2.22. The largest absolute Gasteiger partial charge is 0.487 e. The van der Waals surface area contributed by atoms with Crippen molar-refractivity contribution in [2.24, 2.45) is 0 Å². The Morgan fingerprint density at radius 2 is 2.15 bits per heavy atom. The monoisotopic (exact) mass is 385 g/mol. The molecule has 0 bridgehead atoms. The average Bonchev–Trinajstić information content (AvgIpc) is 3.10. The number of hydrogen-bond acceptors (Lipinski definition) is 6. The summed E-state index contributed by atoms with van der Waals surface area (Å²) in [4.78, 5) is 16.4. The Hall–Kier alpha value is -2.69. The number of nitrogens with zero attached hydrogens (tertiary/aromatic N) is 2. The van der Waals surface area contributed by atoms with Crippen LogP contribution < -0.4 is 10.1 Å². The molecule has 0 saturated carbocycles. The molecule has 2 aromatic rings. The Balaban J connectivity index is 1.87. The Kier molecular flexibility index (Phi) is 8.49. The van der Waals surface area contributed by atoms with Gasteiger partial charge < -0.3 is 14.8 Å². The molecule has 0 saturated heterocycles. The van der Waals surface area contributed by atoms with E-state index in [0.717, 1.165) is 16.3 Å². The molecular formula is C20H23N3O3S. The van der Waals surface area contributed by atoms with Gasteiger partial charge in [-0.25, -0.2) is 4.98 Å². The minimum atomic E-state index is -0.381. The van der Waals surface area contributed by atoms with Gasteiger partial charge in [-0.1, -0.05) is 12.1 Å². The van der Waals surface area contributed by atoms with Crippen molar-refractivity contribution in [3.63, 3.8) is 0 Å². The average molecular weight is 385 g/mol. The lowest BCUT2D eigenvalue weighted by Gasteiger charge is -2.06. The summed E-state index contributed by atoms with van der Waals surface area (Å²) in [5.74, 6) is 0.324. The van der Waals surface area contributed by atoms with Gasteiger partial charge in [0, 0.05) is 25.1 Å². The molecule has 1 aromatic carbocycles. The number of hydrogen-bond donors (Lipinski definition) is 1. The summed E-state index contributed by atoms with van der Waals surface area (Å²) >= 11 is 1.59. The van der Waals surface area contributed by atoms with E-state index in [0.29, 0.717) is 38.5 Å². The molecule has 0 spiro atoms. The Bertz CT molecular complexity index is 807. The maximum atomic E-state index is 12.1. The SMILES string of the molecule is CCOCCCNC(=O)/C(C#N)=C/c1ccc(OCc2csc(C)n2)cc1. The molecule has 1 heterocycles. The van der Waals surface area contributed by atoms with Crippen LogP contribution in [0.4, 0.5) is 0 Å². The van der Waals surface area contributed by atoms with E-state index in [1.807, 2.05) is 25.3 Å². The van der Waals surface area contributed by atoms with Gasteiger partial charge in [0.05, 0.1) is 10.7 Å². The lowest BCUT2D eigenvalue weighted by atomic mass is 10.1. The number of aromatic nitrogens is 1. The topological polar surface area (TPSA) is 84.2 Å². The molecular weight excluding hydrogens is 362 g/mol. The lowest BCUT2D eigenvalue weighted by molar-refractivity contribution is -0.117. The maximum absolute atomic E-state index is 12.1. The fraction of sp³-hybridized carbons (Fsp3) is 0.350. The number of nitriles is 1. The standard InChI is InChI=1S/C20H23N3O3S/c1-3-25-10-4-9-22-20(24)17(12-21)11-16-5-7-19(8-6-16)26-13-18-14-27-15(2)23-18/h5-8,11,14H,3-4,9-10,13H2,1-2H3,(H,22,24)/b17-11+. The van der Waals surface area contributed by atoms with E-state index in [1.165, 1.54) is 0 Å². The quantitative estimate of drug-likeness (QED) is 0.384. The second kappa shape index (κ2) is 11.1. The summed E-state index contributed by atoms with van der Waals surface area (Å²) in [5.41, 5.74) is 1.72. The summed E-state index contributed by atoms with van der Waals surface area (Å²) < 4.78 is 10.9. The molecule has 0 aliphatic rings. The van der Waals surface area contributed by atoms with Crippen LogP contribution in [0.2, 0.25) is 0 Å². The maximum Gasteiger partial charge on any atom is 0.261 e. The highest BCUT2D eigenvalue weighted by atomic mass is 32.1. The lowest BCUT2D eigenvalue weighted by Crippen LogP contribution is -2.26. The number of carbonyl (C=O) groups is 1. The first-order chi connectivity index (χ1) is 13.1. The van der Waals surface area contributed by atoms with Crippen LogP contribution in [0.5, 0.6) is 5.75 Å². The van der Waals surface area contributed by atoms with E-state index >= 15 is 0 Å². The van der Waals surface area contributed by atoms with Crippen molar-refractivity contribution in [2.75, 3.05) is 19.8 Å². The Morgan fingerprint density at radius 1 is 1.37 bits per heavy atom. The summed E-state index contributed by atoms with van der Waals surface area (Å²) in [7, 11) is 0. The van der Waals surface area contributed by atoms with Crippen molar-refractivity contribution < 1.29 is 14.3 Å². The highest BCUT2D eigenvalue weighted by Crippen LogP contribution is 2.17. The summed E-state index contributed by atoms with van der Waals surface area (Å²) in [5, 5.41) is 14.9. The van der Waals surface area contributed by atoms with Gasteiger partial charge in [0.1, 0.15) is 24.0 Å². The van der Waals surface area contributed by atoms with Crippen LogP contribution in [-0.4, -0.2) is 30.6 Å². The van der Waals surface area contributed by atoms with Crippen molar-refractivity contribution in [3.8, 4) is 11.8 Å². The van der Waals surface area contributed by atoms with Gasteiger partial charge in [-0.3, -0.25) is 4.79 Å². The first-order valence-electron chi connectivity index (χ1n) is 8.74. The molecule has 6 nitrogen and oxygen atoms in total. The van der Waals surface area contributed by atoms with Crippen LogP contribution in [-0.2, 0) is 16.1 Å². The smallest absolute Gasteiger partial charge is 0.261 e. The first kappa shape index (κ1) is 20.6. The molecule has 1 aromatic heterocycles. The molecule has 142 valence electrons. The van der Waals surface area contributed by atoms with Crippen LogP contribution in [0.15, 0.2) is 35.2 Å². The van der Waals surface area contributed by atoms with Crippen LogP contribution in [0.1, 0.15) is 29.6 Å². The van der Waals surface area contributed by atoms with Gasteiger partial charge in [0.2, 0.25) is 0 Å². The molecule has 7 heteroatoms. The number of amides is 1. The van der Waals surface area contributed by atoms with Crippen molar-refractivity contribution in [3.05, 3.63) is 51.5 Å². The zero-order valence-electron chi connectivity index (χ0n) is 15.5. The number of ether oxygens (including phenoxy) is 2. The minimum Gasteiger partial charge on any atom is -0.487 e. The van der Waals surface area contributed by atoms with Crippen molar-refractivity contribution in [2.45, 2.75) is 26.9 Å². The van der Waals surface area contributed by atoms with E-state index in [9.17, 15) is 10.1 Å². The number of carbonyl (C=O) groups excluding carboxylic acids is 1. The summed E-state index contributed by atoms with van der Waals surface area (Å²) in [6, 6.07) is 9.17. The van der Waals surface area contributed by atoms with Crippen molar-refractivity contribution in [1.29, 1.82) is 5.26 Å².